The number of rotatable bonds is 5. The smallest absolute Gasteiger partial charge is 0.203 e. The average molecular weight is 280 g/mol. The second kappa shape index (κ2) is 6.70. The minimum atomic E-state index is 0.619. The molecular formula is C15H24N2O3. The molecule has 112 valence electrons. The summed E-state index contributed by atoms with van der Waals surface area (Å²) in [5, 5.41) is 3.34. The quantitative estimate of drug-likeness (QED) is 0.892. The first kappa shape index (κ1) is 14.8. The number of piperidine rings is 1. The van der Waals surface area contributed by atoms with Gasteiger partial charge in [-0.05, 0) is 19.9 Å². The van der Waals surface area contributed by atoms with Crippen molar-refractivity contribution in [2.24, 2.45) is 0 Å². The summed E-state index contributed by atoms with van der Waals surface area (Å²) in [6.07, 6.45) is 2.29. The third-order valence-corrected chi connectivity index (χ3v) is 3.92. The summed E-state index contributed by atoms with van der Waals surface area (Å²) in [6.45, 7) is 2.06. The van der Waals surface area contributed by atoms with E-state index in [2.05, 4.69) is 10.2 Å². The number of nitrogens with one attached hydrogen (secondary N) is 1. The van der Waals surface area contributed by atoms with Gasteiger partial charge in [0, 0.05) is 37.0 Å². The van der Waals surface area contributed by atoms with Gasteiger partial charge in [0.2, 0.25) is 5.75 Å². The molecule has 1 aromatic carbocycles. The Morgan fingerprint density at radius 3 is 1.95 bits per heavy atom. The van der Waals surface area contributed by atoms with Gasteiger partial charge in [-0.3, -0.25) is 0 Å². The van der Waals surface area contributed by atoms with Crippen molar-refractivity contribution in [2.45, 2.75) is 18.9 Å². The second-order valence-corrected chi connectivity index (χ2v) is 4.93. The van der Waals surface area contributed by atoms with Crippen LogP contribution in [0.4, 0.5) is 5.69 Å². The summed E-state index contributed by atoms with van der Waals surface area (Å²) in [5.74, 6) is 2.05. The van der Waals surface area contributed by atoms with Crippen molar-refractivity contribution in [1.82, 2.24) is 5.32 Å². The highest BCUT2D eigenvalue weighted by molar-refractivity contribution is 5.63. The number of ether oxygens (including phenoxy) is 3. The first-order valence-electron chi connectivity index (χ1n) is 6.95. The molecule has 20 heavy (non-hydrogen) atoms. The molecule has 0 aromatic heterocycles. The summed E-state index contributed by atoms with van der Waals surface area (Å²) < 4.78 is 16.2. The van der Waals surface area contributed by atoms with Gasteiger partial charge in [-0.2, -0.15) is 0 Å². The first-order valence-corrected chi connectivity index (χ1v) is 6.95. The van der Waals surface area contributed by atoms with E-state index in [1.165, 1.54) is 0 Å². The van der Waals surface area contributed by atoms with Crippen LogP contribution in [-0.4, -0.2) is 47.5 Å². The molecule has 5 heteroatoms. The Morgan fingerprint density at radius 2 is 1.55 bits per heavy atom. The largest absolute Gasteiger partial charge is 0.493 e. The van der Waals surface area contributed by atoms with Crippen LogP contribution in [0.25, 0.3) is 0 Å². The molecule has 0 radical (unpaired) electrons. The number of methoxy groups -OCH3 is 3. The van der Waals surface area contributed by atoms with Crippen molar-refractivity contribution >= 4 is 5.69 Å². The van der Waals surface area contributed by atoms with Gasteiger partial charge >= 0.3 is 0 Å². The molecule has 2 rings (SSSR count). The van der Waals surface area contributed by atoms with Crippen LogP contribution in [0.2, 0.25) is 0 Å². The van der Waals surface area contributed by atoms with Crippen molar-refractivity contribution < 1.29 is 14.2 Å². The maximum absolute atomic E-state index is 5.41. The molecule has 1 heterocycles. The van der Waals surface area contributed by atoms with Crippen LogP contribution in [0.1, 0.15) is 12.8 Å². The summed E-state index contributed by atoms with van der Waals surface area (Å²) in [6, 6.07) is 4.65. The Balaban J connectivity index is 2.24. The number of anilines is 1. The lowest BCUT2D eigenvalue weighted by Crippen LogP contribution is -2.41. The molecule has 0 amide bonds. The summed E-state index contributed by atoms with van der Waals surface area (Å²) in [5.41, 5.74) is 1.12. The number of nitrogens with zero attached hydrogens (tertiary/aromatic N) is 1. The highest BCUT2D eigenvalue weighted by atomic mass is 16.5. The standard InChI is InChI=1S/C15H24N2O3/c1-16-11-5-7-17(8-6-11)12-9-13(18-2)15(20-4)14(10-12)19-3/h9-11,16H,5-8H2,1-4H3. The molecule has 1 aliphatic rings. The van der Waals surface area contributed by atoms with E-state index in [1.807, 2.05) is 19.2 Å². The van der Waals surface area contributed by atoms with E-state index in [-0.39, 0.29) is 0 Å². The van der Waals surface area contributed by atoms with E-state index < -0.39 is 0 Å². The van der Waals surface area contributed by atoms with Crippen LogP contribution in [-0.2, 0) is 0 Å². The Hall–Kier alpha value is -1.62. The Labute approximate surface area is 120 Å². The molecule has 0 unspecified atom stereocenters. The molecule has 0 spiro atoms. The maximum atomic E-state index is 5.41. The Bertz CT molecular complexity index is 418. The zero-order chi connectivity index (χ0) is 14.5. The molecule has 0 bridgehead atoms. The van der Waals surface area contributed by atoms with Crippen molar-refractivity contribution in [3.63, 3.8) is 0 Å². The number of hydrogen-bond acceptors (Lipinski definition) is 5. The van der Waals surface area contributed by atoms with E-state index in [4.69, 9.17) is 14.2 Å². The minimum absolute atomic E-state index is 0.619. The normalized spacial score (nSPS) is 16.1. The van der Waals surface area contributed by atoms with Gasteiger partial charge in [0.25, 0.3) is 0 Å². The molecule has 1 aliphatic heterocycles. The lowest BCUT2D eigenvalue weighted by molar-refractivity contribution is 0.324. The van der Waals surface area contributed by atoms with E-state index >= 15 is 0 Å². The topological polar surface area (TPSA) is 43.0 Å². The predicted molar refractivity (Wildman–Crippen MR) is 80.4 cm³/mol. The summed E-state index contributed by atoms with van der Waals surface area (Å²) in [4.78, 5) is 2.36. The molecule has 1 fully saturated rings. The van der Waals surface area contributed by atoms with Gasteiger partial charge < -0.3 is 24.4 Å². The molecule has 0 aliphatic carbocycles. The summed E-state index contributed by atoms with van der Waals surface area (Å²) >= 11 is 0. The van der Waals surface area contributed by atoms with Crippen LogP contribution in [0.15, 0.2) is 12.1 Å². The van der Waals surface area contributed by atoms with Crippen LogP contribution in [0.5, 0.6) is 17.2 Å². The zero-order valence-corrected chi connectivity index (χ0v) is 12.7. The molecule has 0 saturated carbocycles. The van der Waals surface area contributed by atoms with Crippen molar-refractivity contribution in [2.75, 3.05) is 46.4 Å². The third-order valence-electron chi connectivity index (χ3n) is 3.92. The monoisotopic (exact) mass is 280 g/mol. The average Bonchev–Trinajstić information content (AvgIpc) is 2.53. The fourth-order valence-electron chi connectivity index (χ4n) is 2.68. The van der Waals surface area contributed by atoms with Gasteiger partial charge in [-0.25, -0.2) is 0 Å². The minimum Gasteiger partial charge on any atom is -0.493 e. The molecule has 0 atom stereocenters. The molecule has 1 aromatic rings. The van der Waals surface area contributed by atoms with Gasteiger partial charge in [-0.15, -0.1) is 0 Å². The predicted octanol–water partition coefficient (Wildman–Crippen LogP) is 1.90. The second-order valence-electron chi connectivity index (χ2n) is 4.93. The van der Waals surface area contributed by atoms with Crippen molar-refractivity contribution in [3.05, 3.63) is 12.1 Å². The van der Waals surface area contributed by atoms with Crippen molar-refractivity contribution in [3.8, 4) is 17.2 Å². The molecule has 1 saturated heterocycles. The summed E-state index contributed by atoms with van der Waals surface area (Å²) in [7, 11) is 6.95. The van der Waals surface area contributed by atoms with Gasteiger partial charge in [-0.1, -0.05) is 0 Å². The van der Waals surface area contributed by atoms with E-state index in [0.717, 1.165) is 31.6 Å². The van der Waals surface area contributed by atoms with Crippen molar-refractivity contribution in [1.29, 1.82) is 0 Å². The Kier molecular flexibility index (Phi) is 4.95. The fourth-order valence-corrected chi connectivity index (χ4v) is 2.68. The SMILES string of the molecule is CNC1CCN(c2cc(OC)c(OC)c(OC)c2)CC1. The van der Waals surface area contributed by atoms with Crippen LogP contribution < -0.4 is 24.4 Å². The van der Waals surface area contributed by atoms with Gasteiger partial charge in [0.1, 0.15) is 0 Å². The van der Waals surface area contributed by atoms with Crippen LogP contribution >= 0.6 is 0 Å². The lowest BCUT2D eigenvalue weighted by Gasteiger charge is -2.34. The zero-order valence-electron chi connectivity index (χ0n) is 12.7. The Morgan fingerprint density at radius 1 is 1.00 bits per heavy atom. The van der Waals surface area contributed by atoms with Crippen LogP contribution in [0.3, 0.4) is 0 Å². The maximum Gasteiger partial charge on any atom is 0.203 e. The fraction of sp³-hybridized carbons (Fsp3) is 0.600. The van der Waals surface area contributed by atoms with Crippen LogP contribution in [0, 0.1) is 0 Å². The molecule has 5 nitrogen and oxygen atoms in total. The molecule has 1 N–H and O–H groups in total. The van der Waals surface area contributed by atoms with E-state index in [0.29, 0.717) is 23.3 Å². The van der Waals surface area contributed by atoms with Gasteiger partial charge in [0.05, 0.1) is 21.3 Å². The van der Waals surface area contributed by atoms with E-state index in [1.54, 1.807) is 21.3 Å². The number of hydrogen-bond donors (Lipinski definition) is 1. The first-order chi connectivity index (χ1) is 9.73. The van der Waals surface area contributed by atoms with E-state index in [9.17, 15) is 0 Å². The lowest BCUT2D eigenvalue weighted by atomic mass is 10.0. The molecular weight excluding hydrogens is 256 g/mol. The third kappa shape index (κ3) is 2.93. The number of benzene rings is 1. The van der Waals surface area contributed by atoms with Gasteiger partial charge in [0.15, 0.2) is 11.5 Å². The highest BCUT2D eigenvalue weighted by Crippen LogP contribution is 2.41. The highest BCUT2D eigenvalue weighted by Gasteiger charge is 2.21.